The fraction of sp³-hybridized carbons (Fsp3) is 0.200. The minimum atomic E-state index is -5.13. The molecule has 0 aromatic heterocycles. The second-order valence-corrected chi connectivity index (χ2v) is 3.24. The lowest BCUT2D eigenvalue weighted by Crippen LogP contribution is -2.18. The number of nitriles is 1. The van der Waals surface area contributed by atoms with Gasteiger partial charge in [-0.2, -0.15) is 5.26 Å². The minimum Gasteiger partial charge on any atom is -0.465 e. The summed E-state index contributed by atoms with van der Waals surface area (Å²) < 4.78 is 44.1. The molecular formula is C10H5F3N2O5. The maximum absolute atomic E-state index is 12.1. The molecule has 1 aromatic rings. The molecule has 0 atom stereocenters. The number of rotatable bonds is 3. The van der Waals surface area contributed by atoms with Crippen LogP contribution in [0.1, 0.15) is 15.9 Å². The molecule has 10 heteroatoms. The summed E-state index contributed by atoms with van der Waals surface area (Å²) in [7, 11) is 0.929. The Hall–Kier alpha value is -2.83. The molecule has 0 spiro atoms. The van der Waals surface area contributed by atoms with Gasteiger partial charge in [0.2, 0.25) is 0 Å². The van der Waals surface area contributed by atoms with Gasteiger partial charge in [0.1, 0.15) is 11.6 Å². The van der Waals surface area contributed by atoms with Crippen molar-refractivity contribution in [1.82, 2.24) is 0 Å². The number of hydrogen-bond donors (Lipinski definition) is 0. The van der Waals surface area contributed by atoms with Gasteiger partial charge in [-0.15, -0.1) is 13.2 Å². The summed E-state index contributed by atoms with van der Waals surface area (Å²) in [4.78, 5) is 21.0. The number of methoxy groups -OCH3 is 1. The Balaban J connectivity index is 3.55. The third-order valence-corrected chi connectivity index (χ3v) is 2.07. The van der Waals surface area contributed by atoms with E-state index in [9.17, 15) is 28.1 Å². The van der Waals surface area contributed by atoms with E-state index in [4.69, 9.17) is 5.26 Å². The zero-order valence-electron chi connectivity index (χ0n) is 9.72. The van der Waals surface area contributed by atoms with Crippen LogP contribution in [0.25, 0.3) is 0 Å². The summed E-state index contributed by atoms with van der Waals surface area (Å²) in [6, 6.07) is 2.56. The Kier molecular flexibility index (Phi) is 4.14. The molecule has 0 radical (unpaired) electrons. The summed E-state index contributed by atoms with van der Waals surface area (Å²) in [6.07, 6.45) is -5.13. The van der Waals surface area contributed by atoms with Crippen LogP contribution < -0.4 is 4.74 Å². The average Bonchev–Trinajstić information content (AvgIpc) is 2.35. The molecule has 1 rings (SSSR count). The Morgan fingerprint density at radius 1 is 1.45 bits per heavy atom. The van der Waals surface area contributed by atoms with Crippen LogP contribution in [-0.2, 0) is 4.74 Å². The van der Waals surface area contributed by atoms with Crippen molar-refractivity contribution >= 4 is 11.7 Å². The van der Waals surface area contributed by atoms with Crippen molar-refractivity contribution in [1.29, 1.82) is 5.26 Å². The molecule has 0 aliphatic carbocycles. The van der Waals surface area contributed by atoms with Crippen molar-refractivity contribution in [3.05, 3.63) is 33.4 Å². The van der Waals surface area contributed by atoms with Gasteiger partial charge in [-0.1, -0.05) is 0 Å². The lowest BCUT2D eigenvalue weighted by atomic mass is 10.1. The van der Waals surface area contributed by atoms with Crippen LogP contribution in [-0.4, -0.2) is 24.4 Å². The second-order valence-electron chi connectivity index (χ2n) is 3.24. The van der Waals surface area contributed by atoms with Gasteiger partial charge in [-0.25, -0.2) is 4.79 Å². The van der Waals surface area contributed by atoms with Crippen molar-refractivity contribution in [2.45, 2.75) is 6.36 Å². The van der Waals surface area contributed by atoms with Gasteiger partial charge in [-0.05, 0) is 12.1 Å². The topological polar surface area (TPSA) is 102 Å². The van der Waals surface area contributed by atoms with E-state index in [0.29, 0.717) is 12.1 Å². The summed E-state index contributed by atoms with van der Waals surface area (Å²) in [5.74, 6) is -2.23. The molecule has 0 aliphatic heterocycles. The number of alkyl halides is 3. The molecule has 0 N–H and O–H groups in total. The van der Waals surface area contributed by atoms with Crippen molar-refractivity contribution in [3.63, 3.8) is 0 Å². The molecule has 20 heavy (non-hydrogen) atoms. The van der Waals surface area contributed by atoms with Crippen LogP contribution in [0.4, 0.5) is 18.9 Å². The molecule has 1 aromatic carbocycles. The average molecular weight is 290 g/mol. The van der Waals surface area contributed by atoms with Gasteiger partial charge >= 0.3 is 18.0 Å². The summed E-state index contributed by atoms with van der Waals surface area (Å²) >= 11 is 0. The van der Waals surface area contributed by atoms with E-state index in [2.05, 4.69) is 9.47 Å². The lowest BCUT2D eigenvalue weighted by molar-refractivity contribution is -0.385. The number of benzene rings is 1. The van der Waals surface area contributed by atoms with Gasteiger partial charge in [0.15, 0.2) is 11.3 Å². The van der Waals surface area contributed by atoms with E-state index in [0.717, 1.165) is 7.11 Å². The first-order chi connectivity index (χ1) is 9.21. The number of nitro benzene ring substituents is 1. The molecule has 0 aliphatic rings. The van der Waals surface area contributed by atoms with E-state index >= 15 is 0 Å². The molecule has 0 bridgehead atoms. The normalized spacial score (nSPS) is 10.6. The Morgan fingerprint density at radius 3 is 2.45 bits per heavy atom. The molecule has 0 saturated carbocycles. The number of carbonyl (C=O) groups excluding carboxylic acids is 1. The van der Waals surface area contributed by atoms with Crippen LogP contribution in [0.15, 0.2) is 12.1 Å². The van der Waals surface area contributed by atoms with Crippen LogP contribution in [0.3, 0.4) is 0 Å². The lowest BCUT2D eigenvalue weighted by Gasteiger charge is -2.11. The van der Waals surface area contributed by atoms with E-state index in [1.807, 2.05) is 0 Å². The number of hydrogen-bond acceptors (Lipinski definition) is 6. The first-order valence-corrected chi connectivity index (χ1v) is 4.76. The van der Waals surface area contributed by atoms with Gasteiger partial charge in [0.25, 0.3) is 0 Å². The van der Waals surface area contributed by atoms with E-state index in [-0.39, 0.29) is 0 Å². The molecular weight excluding hydrogens is 285 g/mol. The number of nitro groups is 1. The molecule has 0 fully saturated rings. The fourth-order valence-electron chi connectivity index (χ4n) is 1.35. The minimum absolute atomic E-state index is 0.630. The van der Waals surface area contributed by atoms with Gasteiger partial charge in [0.05, 0.1) is 12.0 Å². The van der Waals surface area contributed by atoms with Gasteiger partial charge in [0, 0.05) is 0 Å². The van der Waals surface area contributed by atoms with Gasteiger partial charge in [-0.3, -0.25) is 10.1 Å². The summed E-state index contributed by atoms with van der Waals surface area (Å²) in [5, 5.41) is 19.6. The van der Waals surface area contributed by atoms with Crippen molar-refractivity contribution in [3.8, 4) is 11.8 Å². The largest absolute Gasteiger partial charge is 0.573 e. The Morgan fingerprint density at radius 2 is 2.05 bits per heavy atom. The van der Waals surface area contributed by atoms with Crippen molar-refractivity contribution in [2.24, 2.45) is 0 Å². The second kappa shape index (κ2) is 5.43. The van der Waals surface area contributed by atoms with Crippen LogP contribution >= 0.6 is 0 Å². The summed E-state index contributed by atoms with van der Waals surface area (Å²) in [6.45, 7) is 0. The highest BCUT2D eigenvalue weighted by Gasteiger charge is 2.36. The SMILES string of the molecule is COC(=O)c1ccc(OC(F)(F)F)c(C#N)c1[N+](=O)[O-]. The zero-order chi connectivity index (χ0) is 15.5. The van der Waals surface area contributed by atoms with Crippen LogP contribution in [0.5, 0.6) is 5.75 Å². The first kappa shape index (κ1) is 15.2. The number of esters is 1. The van der Waals surface area contributed by atoms with E-state index < -0.39 is 39.8 Å². The molecule has 106 valence electrons. The summed E-state index contributed by atoms with van der Waals surface area (Å²) in [5.41, 5.74) is -2.78. The first-order valence-electron chi connectivity index (χ1n) is 4.76. The standard InChI is InChI=1S/C10H5F3N2O5/c1-19-9(16)5-2-3-7(20-10(11,12)13)6(4-14)8(5)15(17)18/h2-3H,1H3. The fourth-order valence-corrected chi connectivity index (χ4v) is 1.35. The van der Waals surface area contributed by atoms with Crippen molar-refractivity contribution in [2.75, 3.05) is 7.11 Å². The number of ether oxygens (including phenoxy) is 2. The maximum atomic E-state index is 12.1. The molecule has 0 amide bonds. The highest BCUT2D eigenvalue weighted by Crippen LogP contribution is 2.34. The third kappa shape index (κ3) is 3.14. The van der Waals surface area contributed by atoms with E-state index in [1.165, 1.54) is 6.07 Å². The molecule has 0 saturated heterocycles. The third-order valence-electron chi connectivity index (χ3n) is 2.07. The van der Waals surface area contributed by atoms with Crippen LogP contribution in [0, 0.1) is 21.4 Å². The maximum Gasteiger partial charge on any atom is 0.573 e. The van der Waals surface area contributed by atoms with E-state index in [1.54, 1.807) is 0 Å². The number of carbonyl (C=O) groups is 1. The Bertz CT molecular complexity index is 606. The predicted molar refractivity (Wildman–Crippen MR) is 55.8 cm³/mol. The molecule has 0 unspecified atom stereocenters. The smallest absolute Gasteiger partial charge is 0.465 e. The highest BCUT2D eigenvalue weighted by atomic mass is 19.4. The highest BCUT2D eigenvalue weighted by molar-refractivity contribution is 5.95. The molecule has 0 heterocycles. The predicted octanol–water partition coefficient (Wildman–Crippen LogP) is 2.15. The quantitative estimate of drug-likeness (QED) is 0.480. The molecule has 7 nitrogen and oxygen atoms in total. The van der Waals surface area contributed by atoms with Crippen LogP contribution in [0.2, 0.25) is 0 Å². The number of nitrogens with zero attached hydrogens (tertiary/aromatic N) is 2. The Labute approximate surface area is 109 Å². The zero-order valence-corrected chi connectivity index (χ0v) is 9.72. The van der Waals surface area contributed by atoms with Gasteiger partial charge < -0.3 is 9.47 Å². The van der Waals surface area contributed by atoms with Crippen molar-refractivity contribution < 1.29 is 32.4 Å². The number of halogens is 3. The monoisotopic (exact) mass is 290 g/mol.